The van der Waals surface area contributed by atoms with E-state index in [-0.39, 0.29) is 0 Å². The average molecular weight is 194 g/mol. The molecular formula is C7H18N2O2S. The van der Waals surface area contributed by atoms with Crippen LogP contribution in [0.25, 0.3) is 0 Å². The summed E-state index contributed by atoms with van der Waals surface area (Å²) in [4.78, 5) is 0. The molecule has 0 aliphatic heterocycles. The molecule has 74 valence electrons. The number of nitrogens with two attached hydrogens (primary N) is 1. The van der Waals surface area contributed by atoms with Crippen LogP contribution in [0.1, 0.15) is 20.8 Å². The lowest BCUT2D eigenvalue weighted by Gasteiger charge is -2.34. The topological polar surface area (TPSA) is 63.4 Å². The van der Waals surface area contributed by atoms with E-state index in [1.807, 2.05) is 13.8 Å². The van der Waals surface area contributed by atoms with Gasteiger partial charge in [-0.15, -0.1) is 0 Å². The van der Waals surface area contributed by atoms with Crippen LogP contribution < -0.4 is 5.73 Å². The van der Waals surface area contributed by atoms with Gasteiger partial charge in [0.15, 0.2) is 0 Å². The third kappa shape index (κ3) is 2.73. The minimum absolute atomic E-state index is 0.327. The summed E-state index contributed by atoms with van der Waals surface area (Å²) >= 11 is 0. The predicted molar refractivity (Wildman–Crippen MR) is 50.4 cm³/mol. The minimum Gasteiger partial charge on any atom is -0.329 e. The molecule has 0 aromatic carbocycles. The first-order valence-corrected chi connectivity index (χ1v) is 5.78. The lowest BCUT2D eigenvalue weighted by atomic mass is 10.1. The molecule has 12 heavy (non-hydrogen) atoms. The van der Waals surface area contributed by atoms with Crippen molar-refractivity contribution in [3.63, 3.8) is 0 Å². The Bertz CT molecular complexity index is 234. The fourth-order valence-electron chi connectivity index (χ4n) is 1.21. The number of sulfonamides is 1. The van der Waals surface area contributed by atoms with E-state index in [1.54, 1.807) is 6.92 Å². The number of likely N-dealkylation sites (N-methyl/N-ethyl adjacent to an activating group) is 1. The Morgan fingerprint density at radius 3 is 1.92 bits per heavy atom. The second-order valence-electron chi connectivity index (χ2n) is 3.44. The first kappa shape index (κ1) is 11.9. The van der Waals surface area contributed by atoms with Crippen molar-refractivity contribution in [1.29, 1.82) is 0 Å². The van der Waals surface area contributed by atoms with Crippen molar-refractivity contribution in [2.75, 3.05) is 19.3 Å². The number of nitrogens with zero attached hydrogens (tertiary/aromatic N) is 1. The molecule has 0 aliphatic carbocycles. The molecule has 0 aromatic rings. The zero-order valence-electron chi connectivity index (χ0n) is 8.16. The predicted octanol–water partition coefficient (Wildman–Crippen LogP) is 0.00520. The highest BCUT2D eigenvalue weighted by Gasteiger charge is 2.30. The molecule has 0 spiro atoms. The minimum atomic E-state index is -3.13. The molecular weight excluding hydrogens is 176 g/mol. The Balaban J connectivity index is 4.81. The highest BCUT2D eigenvalue weighted by atomic mass is 32.2. The Labute approximate surface area is 74.8 Å². The molecule has 0 aliphatic rings. The summed E-state index contributed by atoms with van der Waals surface area (Å²) in [6.07, 6.45) is 1.20. The normalized spacial score (nSPS) is 13.8. The van der Waals surface area contributed by atoms with Gasteiger partial charge in [-0.3, -0.25) is 0 Å². The van der Waals surface area contributed by atoms with Crippen molar-refractivity contribution < 1.29 is 8.42 Å². The molecule has 5 heteroatoms. The fraction of sp³-hybridized carbons (Fsp3) is 1.00. The van der Waals surface area contributed by atoms with Crippen molar-refractivity contribution in [2.45, 2.75) is 26.3 Å². The van der Waals surface area contributed by atoms with Crippen molar-refractivity contribution in [3.8, 4) is 0 Å². The molecule has 0 radical (unpaired) electrons. The summed E-state index contributed by atoms with van der Waals surface area (Å²) in [6, 6.07) is 0. The molecule has 0 aromatic heterocycles. The van der Waals surface area contributed by atoms with E-state index in [4.69, 9.17) is 5.73 Å². The van der Waals surface area contributed by atoms with Gasteiger partial charge in [-0.2, -0.15) is 4.31 Å². The molecule has 0 fully saturated rings. The maximum atomic E-state index is 11.2. The van der Waals surface area contributed by atoms with E-state index in [0.29, 0.717) is 13.1 Å². The smallest absolute Gasteiger partial charge is 0.211 e. The molecule has 0 saturated heterocycles. The van der Waals surface area contributed by atoms with Gasteiger partial charge in [0, 0.05) is 18.6 Å². The molecule has 2 N–H and O–H groups in total. The van der Waals surface area contributed by atoms with Gasteiger partial charge >= 0.3 is 0 Å². The van der Waals surface area contributed by atoms with Crippen molar-refractivity contribution in [2.24, 2.45) is 5.73 Å². The van der Waals surface area contributed by atoms with Gasteiger partial charge in [-0.1, -0.05) is 6.92 Å². The van der Waals surface area contributed by atoms with E-state index >= 15 is 0 Å². The molecule has 0 unspecified atom stereocenters. The number of hydrogen-bond donors (Lipinski definition) is 1. The summed E-state index contributed by atoms with van der Waals surface area (Å²) in [7, 11) is -3.13. The Hall–Kier alpha value is -0.130. The zero-order valence-corrected chi connectivity index (χ0v) is 8.98. The standard InChI is InChI=1S/C7H18N2O2S/c1-5-9(12(4,10)11)7(2,3)6-8/h5-6,8H2,1-4H3. The van der Waals surface area contributed by atoms with Crippen molar-refractivity contribution in [1.82, 2.24) is 4.31 Å². The fourth-order valence-corrected chi connectivity index (χ4v) is 2.65. The second-order valence-corrected chi connectivity index (χ2v) is 5.35. The molecule has 0 saturated carbocycles. The number of rotatable bonds is 4. The van der Waals surface area contributed by atoms with Gasteiger partial charge in [-0.05, 0) is 13.8 Å². The maximum Gasteiger partial charge on any atom is 0.211 e. The van der Waals surface area contributed by atoms with E-state index in [2.05, 4.69) is 0 Å². The molecule has 0 heterocycles. The van der Waals surface area contributed by atoms with Crippen molar-refractivity contribution in [3.05, 3.63) is 0 Å². The van der Waals surface area contributed by atoms with Gasteiger partial charge in [-0.25, -0.2) is 8.42 Å². The van der Waals surface area contributed by atoms with Crippen molar-refractivity contribution >= 4 is 10.0 Å². The van der Waals surface area contributed by atoms with Gasteiger partial charge in [0.1, 0.15) is 0 Å². The van der Waals surface area contributed by atoms with Crippen LogP contribution in [0, 0.1) is 0 Å². The lowest BCUT2D eigenvalue weighted by molar-refractivity contribution is 0.246. The molecule has 0 bridgehead atoms. The molecule has 0 amide bonds. The van der Waals surface area contributed by atoms with E-state index in [0.717, 1.165) is 0 Å². The van der Waals surface area contributed by atoms with E-state index in [9.17, 15) is 8.42 Å². The Kier molecular flexibility index (Phi) is 3.68. The third-order valence-corrected chi connectivity index (χ3v) is 3.42. The van der Waals surface area contributed by atoms with Crippen LogP contribution in [0.2, 0.25) is 0 Å². The Morgan fingerprint density at radius 1 is 1.42 bits per heavy atom. The largest absolute Gasteiger partial charge is 0.329 e. The summed E-state index contributed by atoms with van der Waals surface area (Å²) < 4.78 is 23.9. The lowest BCUT2D eigenvalue weighted by Crippen LogP contribution is -2.51. The zero-order chi connectivity index (χ0) is 9.99. The molecule has 0 atom stereocenters. The number of hydrogen-bond acceptors (Lipinski definition) is 3. The summed E-state index contributed by atoms with van der Waals surface area (Å²) in [5, 5.41) is 0. The van der Waals surface area contributed by atoms with Gasteiger partial charge < -0.3 is 5.73 Å². The second kappa shape index (κ2) is 3.72. The Morgan fingerprint density at radius 2 is 1.83 bits per heavy atom. The van der Waals surface area contributed by atoms with E-state index < -0.39 is 15.6 Å². The van der Waals surface area contributed by atoms with Crippen LogP contribution in [0.3, 0.4) is 0 Å². The van der Waals surface area contributed by atoms with Gasteiger partial charge in [0.05, 0.1) is 6.26 Å². The monoisotopic (exact) mass is 194 g/mol. The molecule has 4 nitrogen and oxygen atoms in total. The summed E-state index contributed by atoms with van der Waals surface area (Å²) in [5.74, 6) is 0. The van der Waals surface area contributed by atoms with Crippen LogP contribution >= 0.6 is 0 Å². The SMILES string of the molecule is CCN(C(C)(C)CN)S(C)(=O)=O. The average Bonchev–Trinajstić information content (AvgIpc) is 1.85. The third-order valence-electron chi connectivity index (χ3n) is 1.86. The highest BCUT2D eigenvalue weighted by Crippen LogP contribution is 2.15. The first-order chi connectivity index (χ1) is 5.25. The van der Waals surface area contributed by atoms with Crippen LogP contribution in [0.5, 0.6) is 0 Å². The van der Waals surface area contributed by atoms with E-state index in [1.165, 1.54) is 10.6 Å². The highest BCUT2D eigenvalue weighted by molar-refractivity contribution is 7.88. The summed E-state index contributed by atoms with van der Waals surface area (Å²) in [6.45, 7) is 6.23. The maximum absolute atomic E-state index is 11.2. The van der Waals surface area contributed by atoms with Gasteiger partial charge in [0.25, 0.3) is 0 Å². The van der Waals surface area contributed by atoms with Crippen LogP contribution in [-0.2, 0) is 10.0 Å². The van der Waals surface area contributed by atoms with Crippen LogP contribution in [0.15, 0.2) is 0 Å². The van der Waals surface area contributed by atoms with Gasteiger partial charge in [0.2, 0.25) is 10.0 Å². The quantitative estimate of drug-likeness (QED) is 0.685. The molecule has 0 rings (SSSR count). The van der Waals surface area contributed by atoms with Crippen LogP contribution in [0.4, 0.5) is 0 Å². The first-order valence-electron chi connectivity index (χ1n) is 3.93. The van der Waals surface area contributed by atoms with Crippen LogP contribution in [-0.4, -0.2) is 37.6 Å². The summed E-state index contributed by atoms with van der Waals surface area (Å²) in [5.41, 5.74) is 4.99.